The third kappa shape index (κ3) is 4.08. The van der Waals surface area contributed by atoms with E-state index < -0.39 is 8.07 Å². The number of rotatable bonds is 6. The largest absolute Gasteiger partial charge is 0.295 e. The van der Waals surface area contributed by atoms with Gasteiger partial charge in [-0.25, -0.2) is 0 Å². The number of hydrogen-bond donors (Lipinski definition) is 0. The Morgan fingerprint density at radius 3 is 2.28 bits per heavy atom. The number of unbranched alkanes of at least 4 members (excludes halogenated alkanes) is 2. The van der Waals surface area contributed by atoms with Gasteiger partial charge in [0.05, 0.1) is 8.07 Å². The second-order valence-electron chi connectivity index (χ2n) is 6.32. The fourth-order valence-electron chi connectivity index (χ4n) is 3.06. The predicted molar refractivity (Wildman–Crippen MR) is 82.6 cm³/mol. The van der Waals surface area contributed by atoms with Crippen LogP contribution in [0.5, 0.6) is 0 Å². The highest BCUT2D eigenvalue weighted by Gasteiger charge is 2.32. The van der Waals surface area contributed by atoms with Crippen molar-refractivity contribution in [2.45, 2.75) is 84.4 Å². The van der Waals surface area contributed by atoms with Crippen molar-refractivity contribution >= 4 is 13.9 Å². The molecule has 0 fully saturated rings. The van der Waals surface area contributed by atoms with Crippen molar-refractivity contribution in [1.82, 2.24) is 0 Å². The van der Waals surface area contributed by atoms with E-state index in [1.807, 2.05) is 0 Å². The molecule has 0 amide bonds. The molecular formula is C16H30OSi. The molecule has 0 N–H and O–H groups in total. The summed E-state index contributed by atoms with van der Waals surface area (Å²) in [5, 5.41) is 1.63. The molecule has 0 aliphatic carbocycles. The minimum absolute atomic E-state index is 0.479. The molecule has 1 rings (SSSR count). The Hall–Kier alpha value is -0.373. The SMILES string of the molecule is CCCCC1=C(CCCC)[Si](C)(C)CCCC1=O. The zero-order valence-corrected chi connectivity index (χ0v) is 13.8. The molecule has 0 radical (unpaired) electrons. The summed E-state index contributed by atoms with van der Waals surface area (Å²) < 4.78 is 0. The maximum atomic E-state index is 12.3. The molecule has 0 aromatic heterocycles. The smallest absolute Gasteiger partial charge is 0.158 e. The van der Waals surface area contributed by atoms with Gasteiger partial charge in [-0.15, -0.1) is 0 Å². The lowest BCUT2D eigenvalue weighted by Crippen LogP contribution is -2.29. The van der Waals surface area contributed by atoms with Crippen LogP contribution < -0.4 is 0 Å². The molecule has 1 aliphatic rings. The maximum absolute atomic E-state index is 12.3. The first kappa shape index (κ1) is 15.7. The molecule has 0 aromatic rings. The van der Waals surface area contributed by atoms with Gasteiger partial charge >= 0.3 is 0 Å². The molecule has 0 atom stereocenters. The summed E-state index contributed by atoms with van der Waals surface area (Å²) in [6.07, 6.45) is 9.05. The van der Waals surface area contributed by atoms with E-state index in [1.165, 1.54) is 43.7 Å². The average Bonchev–Trinajstić information content (AvgIpc) is 2.41. The lowest BCUT2D eigenvalue weighted by atomic mass is 9.99. The number of carbonyl (C=O) groups excluding carboxylic acids is 1. The van der Waals surface area contributed by atoms with E-state index in [9.17, 15) is 4.79 Å². The fourth-order valence-corrected chi connectivity index (χ4v) is 6.35. The van der Waals surface area contributed by atoms with Crippen LogP contribution >= 0.6 is 0 Å². The highest BCUT2D eigenvalue weighted by atomic mass is 28.3. The summed E-state index contributed by atoms with van der Waals surface area (Å²) in [5.41, 5.74) is 1.26. The van der Waals surface area contributed by atoms with Gasteiger partial charge in [-0.1, -0.05) is 57.4 Å². The van der Waals surface area contributed by atoms with Gasteiger partial charge in [-0.05, 0) is 31.3 Å². The molecule has 104 valence electrons. The summed E-state index contributed by atoms with van der Waals surface area (Å²) >= 11 is 0. The zero-order valence-electron chi connectivity index (χ0n) is 12.8. The number of Topliss-reactive ketones (excluding diaryl/α,β-unsaturated/α-hetero) is 1. The van der Waals surface area contributed by atoms with Crippen molar-refractivity contribution in [3.63, 3.8) is 0 Å². The molecule has 2 heteroatoms. The Balaban J connectivity index is 3.03. The highest BCUT2D eigenvalue weighted by Crippen LogP contribution is 2.35. The molecule has 1 heterocycles. The second-order valence-corrected chi connectivity index (χ2v) is 11.2. The number of allylic oxidation sites excluding steroid dienone is 2. The van der Waals surface area contributed by atoms with Crippen molar-refractivity contribution < 1.29 is 4.79 Å². The van der Waals surface area contributed by atoms with Crippen LogP contribution in [0.15, 0.2) is 10.8 Å². The summed E-state index contributed by atoms with van der Waals surface area (Å²) in [6.45, 7) is 9.42. The van der Waals surface area contributed by atoms with Crippen LogP contribution in [0.1, 0.15) is 65.2 Å². The van der Waals surface area contributed by atoms with Crippen LogP contribution in [0.25, 0.3) is 0 Å². The van der Waals surface area contributed by atoms with Gasteiger partial charge in [0.1, 0.15) is 0 Å². The predicted octanol–water partition coefficient (Wildman–Crippen LogP) is 5.27. The van der Waals surface area contributed by atoms with Crippen LogP contribution in [0.4, 0.5) is 0 Å². The summed E-state index contributed by atoms with van der Waals surface area (Å²) in [7, 11) is -1.30. The van der Waals surface area contributed by atoms with Gasteiger partial charge < -0.3 is 0 Å². The molecule has 1 aliphatic heterocycles. The van der Waals surface area contributed by atoms with Crippen LogP contribution in [0.2, 0.25) is 19.1 Å². The average molecular weight is 267 g/mol. The van der Waals surface area contributed by atoms with Crippen molar-refractivity contribution in [3.8, 4) is 0 Å². The molecule has 1 nitrogen and oxygen atoms in total. The summed E-state index contributed by atoms with van der Waals surface area (Å²) in [6, 6.07) is 1.31. The van der Waals surface area contributed by atoms with Gasteiger partial charge in [-0.3, -0.25) is 4.79 Å². The van der Waals surface area contributed by atoms with E-state index in [2.05, 4.69) is 26.9 Å². The van der Waals surface area contributed by atoms with Gasteiger partial charge in [0, 0.05) is 6.42 Å². The van der Waals surface area contributed by atoms with E-state index in [1.54, 1.807) is 5.20 Å². The number of carbonyl (C=O) groups is 1. The lowest BCUT2D eigenvalue weighted by molar-refractivity contribution is -0.115. The Morgan fingerprint density at radius 1 is 1.06 bits per heavy atom. The van der Waals surface area contributed by atoms with E-state index in [-0.39, 0.29) is 0 Å². The monoisotopic (exact) mass is 266 g/mol. The third-order valence-corrected chi connectivity index (χ3v) is 8.07. The Kier molecular flexibility index (Phi) is 6.34. The first-order valence-electron chi connectivity index (χ1n) is 7.78. The third-order valence-electron chi connectivity index (χ3n) is 4.28. The van der Waals surface area contributed by atoms with Crippen LogP contribution in [-0.2, 0) is 4.79 Å². The highest BCUT2D eigenvalue weighted by molar-refractivity contribution is 6.84. The fraction of sp³-hybridized carbons (Fsp3) is 0.812. The Labute approximate surface area is 114 Å². The Bertz CT molecular complexity index is 315. The molecule has 0 unspecified atom stereocenters. The lowest BCUT2D eigenvalue weighted by Gasteiger charge is -2.27. The summed E-state index contributed by atoms with van der Waals surface area (Å²) in [4.78, 5) is 12.3. The second kappa shape index (κ2) is 7.27. The molecule has 18 heavy (non-hydrogen) atoms. The standard InChI is InChI=1S/C16H30OSi/c1-5-7-10-14-15(17)11-9-13-18(3,4)16(14)12-8-6-2/h5-13H2,1-4H3. The van der Waals surface area contributed by atoms with Crippen molar-refractivity contribution in [2.75, 3.05) is 0 Å². The van der Waals surface area contributed by atoms with Crippen molar-refractivity contribution in [1.29, 1.82) is 0 Å². The van der Waals surface area contributed by atoms with Gasteiger partial charge in [-0.2, -0.15) is 0 Å². The minimum atomic E-state index is -1.30. The van der Waals surface area contributed by atoms with E-state index in [0.717, 1.165) is 19.3 Å². The van der Waals surface area contributed by atoms with E-state index in [4.69, 9.17) is 0 Å². The molecule has 0 spiro atoms. The minimum Gasteiger partial charge on any atom is -0.295 e. The quantitative estimate of drug-likeness (QED) is 0.598. The Morgan fingerprint density at radius 2 is 1.67 bits per heavy atom. The molecule has 0 saturated heterocycles. The van der Waals surface area contributed by atoms with Gasteiger partial charge in [0.25, 0.3) is 0 Å². The maximum Gasteiger partial charge on any atom is 0.158 e. The van der Waals surface area contributed by atoms with Gasteiger partial charge in [0.2, 0.25) is 0 Å². The van der Waals surface area contributed by atoms with Crippen LogP contribution in [0.3, 0.4) is 0 Å². The van der Waals surface area contributed by atoms with Crippen LogP contribution in [-0.4, -0.2) is 13.9 Å². The normalized spacial score (nSPS) is 20.1. The first-order chi connectivity index (χ1) is 8.53. The molecular weight excluding hydrogens is 236 g/mol. The number of hydrogen-bond acceptors (Lipinski definition) is 1. The van der Waals surface area contributed by atoms with Crippen molar-refractivity contribution in [3.05, 3.63) is 10.8 Å². The zero-order chi connectivity index (χ0) is 13.6. The van der Waals surface area contributed by atoms with Gasteiger partial charge in [0.15, 0.2) is 5.78 Å². The van der Waals surface area contributed by atoms with E-state index in [0.29, 0.717) is 5.78 Å². The first-order valence-corrected chi connectivity index (χ1v) is 11.0. The van der Waals surface area contributed by atoms with E-state index >= 15 is 0 Å². The van der Waals surface area contributed by atoms with Crippen molar-refractivity contribution in [2.24, 2.45) is 0 Å². The molecule has 0 saturated carbocycles. The molecule has 0 aromatic carbocycles. The molecule has 0 bridgehead atoms. The number of ketones is 1. The topological polar surface area (TPSA) is 17.1 Å². The van der Waals surface area contributed by atoms with Crippen LogP contribution in [0, 0.1) is 0 Å². The summed E-state index contributed by atoms with van der Waals surface area (Å²) in [5.74, 6) is 0.479.